The summed E-state index contributed by atoms with van der Waals surface area (Å²) in [5.41, 5.74) is 0. The Balaban J connectivity index is 1.65. The zero-order chi connectivity index (χ0) is 14.5. The summed E-state index contributed by atoms with van der Waals surface area (Å²) < 4.78 is 11.1. The number of ether oxygens (including phenoxy) is 1. The zero-order valence-corrected chi connectivity index (χ0v) is 12.6. The van der Waals surface area contributed by atoms with Crippen LogP contribution in [0.5, 0.6) is 0 Å². The van der Waals surface area contributed by atoms with Crippen molar-refractivity contribution in [1.29, 1.82) is 0 Å². The summed E-state index contributed by atoms with van der Waals surface area (Å²) in [6.45, 7) is 2.11. The van der Waals surface area contributed by atoms with E-state index in [1.54, 1.807) is 6.26 Å². The van der Waals surface area contributed by atoms with Crippen molar-refractivity contribution < 1.29 is 13.9 Å². The fourth-order valence-corrected chi connectivity index (χ4v) is 3.46. The monoisotopic (exact) mass is 291 g/mol. The summed E-state index contributed by atoms with van der Waals surface area (Å²) in [6, 6.07) is 3.82. The molecule has 0 bridgehead atoms. The molecule has 3 rings (SSSR count). The van der Waals surface area contributed by atoms with E-state index in [2.05, 4.69) is 0 Å². The molecule has 0 radical (unpaired) electrons. The van der Waals surface area contributed by atoms with Gasteiger partial charge in [0.15, 0.2) is 0 Å². The van der Waals surface area contributed by atoms with Crippen LogP contribution in [0.15, 0.2) is 22.8 Å². The molecule has 0 N–H and O–H groups in total. The molecule has 0 spiro atoms. The SMILES string of the molecule is O=C(C1CCCCC1)N(Cc1ccco1)C[C@@H]1CCCO1. The third-order valence-corrected chi connectivity index (χ3v) is 4.64. The second kappa shape index (κ2) is 7.12. The molecule has 4 heteroatoms. The lowest BCUT2D eigenvalue weighted by atomic mass is 9.88. The smallest absolute Gasteiger partial charge is 0.226 e. The standard InChI is InChI=1S/C17H25NO3/c19-17(14-6-2-1-3-7-14)18(12-15-8-4-10-20-15)13-16-9-5-11-21-16/h4,8,10,14,16H,1-3,5-7,9,11-13H2/t16-/m0/s1. The van der Waals surface area contributed by atoms with E-state index >= 15 is 0 Å². The van der Waals surface area contributed by atoms with E-state index in [1.165, 1.54) is 19.3 Å². The number of carbonyl (C=O) groups excluding carboxylic acids is 1. The Bertz CT molecular complexity index is 431. The van der Waals surface area contributed by atoms with Crippen LogP contribution < -0.4 is 0 Å². The number of rotatable bonds is 5. The quantitative estimate of drug-likeness (QED) is 0.835. The molecule has 0 unspecified atom stereocenters. The van der Waals surface area contributed by atoms with Gasteiger partial charge in [0, 0.05) is 19.1 Å². The van der Waals surface area contributed by atoms with Gasteiger partial charge in [0.2, 0.25) is 5.91 Å². The number of amides is 1. The summed E-state index contributed by atoms with van der Waals surface area (Å²) in [4.78, 5) is 14.8. The van der Waals surface area contributed by atoms with Crippen molar-refractivity contribution in [3.63, 3.8) is 0 Å². The lowest BCUT2D eigenvalue weighted by Gasteiger charge is -2.30. The first-order valence-corrected chi connectivity index (χ1v) is 8.25. The minimum Gasteiger partial charge on any atom is -0.467 e. The molecule has 1 aromatic rings. The highest BCUT2D eigenvalue weighted by atomic mass is 16.5. The van der Waals surface area contributed by atoms with E-state index in [9.17, 15) is 4.79 Å². The molecule has 21 heavy (non-hydrogen) atoms. The molecule has 1 atom stereocenters. The second-order valence-corrected chi connectivity index (χ2v) is 6.27. The van der Waals surface area contributed by atoms with E-state index in [4.69, 9.17) is 9.15 Å². The minimum absolute atomic E-state index is 0.201. The lowest BCUT2D eigenvalue weighted by molar-refractivity contribution is -0.139. The number of hydrogen-bond acceptors (Lipinski definition) is 3. The van der Waals surface area contributed by atoms with Crippen LogP contribution in [-0.4, -0.2) is 30.1 Å². The van der Waals surface area contributed by atoms with Crippen molar-refractivity contribution in [2.45, 2.75) is 57.6 Å². The number of nitrogens with zero attached hydrogens (tertiary/aromatic N) is 1. The molecule has 1 aliphatic carbocycles. The third kappa shape index (κ3) is 3.88. The van der Waals surface area contributed by atoms with Crippen molar-refractivity contribution >= 4 is 5.91 Å². The van der Waals surface area contributed by atoms with Gasteiger partial charge < -0.3 is 14.1 Å². The zero-order valence-electron chi connectivity index (χ0n) is 12.6. The predicted octanol–water partition coefficient (Wildman–Crippen LogP) is 3.37. The third-order valence-electron chi connectivity index (χ3n) is 4.64. The van der Waals surface area contributed by atoms with Crippen LogP contribution in [-0.2, 0) is 16.1 Å². The molecular weight excluding hydrogens is 266 g/mol. The lowest BCUT2D eigenvalue weighted by Crippen LogP contribution is -2.41. The summed E-state index contributed by atoms with van der Waals surface area (Å²) >= 11 is 0. The Morgan fingerprint density at radius 1 is 1.19 bits per heavy atom. The molecule has 1 saturated heterocycles. The van der Waals surface area contributed by atoms with E-state index in [1.807, 2.05) is 17.0 Å². The van der Waals surface area contributed by atoms with E-state index in [0.29, 0.717) is 19.0 Å². The Hall–Kier alpha value is -1.29. The van der Waals surface area contributed by atoms with Gasteiger partial charge >= 0.3 is 0 Å². The maximum absolute atomic E-state index is 12.8. The molecule has 0 aromatic carbocycles. The number of hydrogen-bond donors (Lipinski definition) is 0. The van der Waals surface area contributed by atoms with Crippen molar-refractivity contribution in [1.82, 2.24) is 4.90 Å². The van der Waals surface area contributed by atoms with Crippen LogP contribution in [0.1, 0.15) is 50.7 Å². The van der Waals surface area contributed by atoms with Crippen molar-refractivity contribution in [2.75, 3.05) is 13.2 Å². The molecule has 116 valence electrons. The highest BCUT2D eigenvalue weighted by molar-refractivity contribution is 5.78. The van der Waals surface area contributed by atoms with Gasteiger partial charge in [0.25, 0.3) is 0 Å². The average Bonchev–Trinajstić information content (AvgIpc) is 3.20. The second-order valence-electron chi connectivity index (χ2n) is 6.27. The Labute approximate surface area is 126 Å². The van der Waals surface area contributed by atoms with Crippen LogP contribution in [0.2, 0.25) is 0 Å². The summed E-state index contributed by atoms with van der Waals surface area (Å²) in [7, 11) is 0. The van der Waals surface area contributed by atoms with Crippen molar-refractivity contribution in [3.05, 3.63) is 24.2 Å². The Morgan fingerprint density at radius 3 is 2.71 bits per heavy atom. The van der Waals surface area contributed by atoms with E-state index < -0.39 is 0 Å². The summed E-state index contributed by atoms with van der Waals surface area (Å²) in [5, 5.41) is 0. The maximum Gasteiger partial charge on any atom is 0.226 e. The predicted molar refractivity (Wildman–Crippen MR) is 79.7 cm³/mol. The van der Waals surface area contributed by atoms with E-state index in [-0.39, 0.29) is 12.0 Å². The molecular formula is C17H25NO3. The Kier molecular flexibility index (Phi) is 4.96. The first-order chi connectivity index (χ1) is 10.3. The maximum atomic E-state index is 12.8. The molecule has 2 heterocycles. The first-order valence-electron chi connectivity index (χ1n) is 8.25. The molecule has 1 aliphatic heterocycles. The van der Waals surface area contributed by atoms with Crippen LogP contribution in [0, 0.1) is 5.92 Å². The Morgan fingerprint density at radius 2 is 2.05 bits per heavy atom. The van der Waals surface area contributed by atoms with Crippen LogP contribution in [0.25, 0.3) is 0 Å². The highest BCUT2D eigenvalue weighted by Crippen LogP contribution is 2.27. The molecule has 4 nitrogen and oxygen atoms in total. The average molecular weight is 291 g/mol. The topological polar surface area (TPSA) is 42.7 Å². The van der Waals surface area contributed by atoms with Gasteiger partial charge in [0.1, 0.15) is 5.76 Å². The van der Waals surface area contributed by atoms with Gasteiger partial charge in [-0.25, -0.2) is 0 Å². The molecule has 1 amide bonds. The van der Waals surface area contributed by atoms with Gasteiger partial charge in [-0.1, -0.05) is 19.3 Å². The van der Waals surface area contributed by atoms with Crippen molar-refractivity contribution in [2.24, 2.45) is 5.92 Å². The number of furan rings is 1. The number of carbonyl (C=O) groups is 1. The molecule has 2 fully saturated rings. The fraction of sp³-hybridized carbons (Fsp3) is 0.706. The van der Waals surface area contributed by atoms with Crippen molar-refractivity contribution in [3.8, 4) is 0 Å². The fourth-order valence-electron chi connectivity index (χ4n) is 3.46. The van der Waals surface area contributed by atoms with Crippen LogP contribution in [0.3, 0.4) is 0 Å². The van der Waals surface area contributed by atoms with Gasteiger partial charge in [-0.3, -0.25) is 4.79 Å². The van der Waals surface area contributed by atoms with Crippen LogP contribution >= 0.6 is 0 Å². The van der Waals surface area contributed by atoms with Crippen LogP contribution in [0.4, 0.5) is 0 Å². The van der Waals surface area contributed by atoms with Gasteiger partial charge in [-0.15, -0.1) is 0 Å². The molecule has 1 saturated carbocycles. The minimum atomic E-state index is 0.201. The molecule has 1 aromatic heterocycles. The molecule has 2 aliphatic rings. The normalized spacial score (nSPS) is 23.3. The van der Waals surface area contributed by atoms with Gasteiger partial charge in [0.05, 0.1) is 18.9 Å². The van der Waals surface area contributed by atoms with E-state index in [0.717, 1.165) is 38.1 Å². The summed E-state index contributed by atoms with van der Waals surface area (Å²) in [5.74, 6) is 1.36. The van der Waals surface area contributed by atoms with Gasteiger partial charge in [-0.2, -0.15) is 0 Å². The largest absolute Gasteiger partial charge is 0.467 e. The van der Waals surface area contributed by atoms with Gasteiger partial charge in [-0.05, 0) is 37.8 Å². The highest BCUT2D eigenvalue weighted by Gasteiger charge is 2.29. The summed E-state index contributed by atoms with van der Waals surface area (Å²) in [6.07, 6.45) is 9.77. The first kappa shape index (κ1) is 14.6.